The zero-order valence-electron chi connectivity index (χ0n) is 11.5. The van der Waals surface area contributed by atoms with E-state index in [1.165, 1.54) is 32.2 Å². The van der Waals surface area contributed by atoms with Crippen molar-refractivity contribution in [2.24, 2.45) is 5.41 Å². The molecule has 0 saturated carbocycles. The highest BCUT2D eigenvalue weighted by molar-refractivity contribution is 5.78. The van der Waals surface area contributed by atoms with Crippen LogP contribution in [0, 0.1) is 5.41 Å². The Morgan fingerprint density at radius 1 is 1.39 bits per heavy atom. The summed E-state index contributed by atoms with van der Waals surface area (Å²) in [5.41, 5.74) is 0.398. The topological polar surface area (TPSA) is 32.8 Å². The summed E-state index contributed by atoms with van der Waals surface area (Å²) >= 11 is 0. The number of carbonyl (C=O) groups is 1. The lowest BCUT2D eigenvalue weighted by Gasteiger charge is -2.54. The van der Waals surface area contributed by atoms with Gasteiger partial charge in [-0.1, -0.05) is 6.58 Å². The highest BCUT2D eigenvalue weighted by Crippen LogP contribution is 2.40. The van der Waals surface area contributed by atoms with E-state index in [-0.39, 0.29) is 12.5 Å². The Kier molecular flexibility index (Phi) is 3.95. The van der Waals surface area contributed by atoms with Gasteiger partial charge in [0.05, 0.1) is 6.26 Å². The second-order valence-corrected chi connectivity index (χ2v) is 5.86. The van der Waals surface area contributed by atoms with E-state index >= 15 is 0 Å². The minimum Gasteiger partial charge on any atom is -0.492 e. The Labute approximate surface area is 110 Å². The predicted molar refractivity (Wildman–Crippen MR) is 71.1 cm³/mol. The molecule has 2 heterocycles. The van der Waals surface area contributed by atoms with Gasteiger partial charge < -0.3 is 14.5 Å². The molecule has 0 aromatic rings. The molecule has 102 valence electrons. The number of hydrogen-bond acceptors (Lipinski definition) is 3. The number of ether oxygens (including phenoxy) is 1. The number of piperidine rings is 1. The quantitative estimate of drug-likeness (QED) is 0.711. The van der Waals surface area contributed by atoms with Gasteiger partial charge in [0.1, 0.15) is 0 Å². The maximum Gasteiger partial charge on any atom is 0.260 e. The highest BCUT2D eigenvalue weighted by atomic mass is 16.5. The van der Waals surface area contributed by atoms with Crippen molar-refractivity contribution < 1.29 is 9.53 Å². The summed E-state index contributed by atoms with van der Waals surface area (Å²) in [7, 11) is 0. The monoisotopic (exact) mass is 252 g/mol. The molecule has 2 aliphatic heterocycles. The van der Waals surface area contributed by atoms with E-state index in [9.17, 15) is 4.79 Å². The molecule has 18 heavy (non-hydrogen) atoms. The van der Waals surface area contributed by atoms with E-state index in [2.05, 4.69) is 25.3 Å². The zero-order chi connectivity index (χ0) is 13.2. The molecule has 0 aromatic heterocycles. The molecule has 0 bridgehead atoms. The molecule has 0 radical (unpaired) electrons. The molecule has 2 aliphatic rings. The van der Waals surface area contributed by atoms with Crippen molar-refractivity contribution in [2.75, 3.05) is 32.8 Å². The SMILES string of the molecule is C=COCC(=O)N1CC2(CCN(C(C)C)CC2)C1. The fourth-order valence-corrected chi connectivity index (χ4v) is 2.99. The first kappa shape index (κ1) is 13.4. The fraction of sp³-hybridized carbons (Fsp3) is 0.786. The molecule has 0 N–H and O–H groups in total. The number of amides is 1. The van der Waals surface area contributed by atoms with Crippen LogP contribution in [0.1, 0.15) is 26.7 Å². The zero-order valence-corrected chi connectivity index (χ0v) is 11.5. The summed E-state index contributed by atoms with van der Waals surface area (Å²) in [5, 5.41) is 0. The van der Waals surface area contributed by atoms with Gasteiger partial charge in [-0.3, -0.25) is 4.79 Å². The minimum atomic E-state index is 0.0896. The number of carbonyl (C=O) groups excluding carboxylic acids is 1. The molecular formula is C14H24N2O2. The van der Waals surface area contributed by atoms with E-state index in [0.29, 0.717) is 11.5 Å². The third-order valence-electron chi connectivity index (χ3n) is 4.32. The standard InChI is InChI=1S/C14H24N2O2/c1-4-18-9-13(17)16-10-14(11-16)5-7-15(8-6-14)12(2)3/h4,12H,1,5-11H2,2-3H3. The Bertz CT molecular complexity index is 312. The molecule has 1 amide bonds. The van der Waals surface area contributed by atoms with Gasteiger partial charge in [0.2, 0.25) is 0 Å². The van der Waals surface area contributed by atoms with E-state index in [1.54, 1.807) is 0 Å². The number of hydrogen-bond donors (Lipinski definition) is 0. The molecule has 0 atom stereocenters. The van der Waals surface area contributed by atoms with Gasteiger partial charge in [0.25, 0.3) is 5.91 Å². The van der Waals surface area contributed by atoms with Gasteiger partial charge in [-0.05, 0) is 39.8 Å². The van der Waals surface area contributed by atoms with Gasteiger partial charge in [-0.25, -0.2) is 0 Å². The van der Waals surface area contributed by atoms with E-state index in [1.807, 2.05) is 4.90 Å². The summed E-state index contributed by atoms with van der Waals surface area (Å²) in [6.45, 7) is 12.3. The molecule has 2 saturated heterocycles. The number of nitrogens with zero attached hydrogens (tertiary/aromatic N) is 2. The summed E-state index contributed by atoms with van der Waals surface area (Å²) in [5.74, 6) is 0.0896. The van der Waals surface area contributed by atoms with Gasteiger partial charge in [-0.15, -0.1) is 0 Å². The Hall–Kier alpha value is -1.03. The third-order valence-corrected chi connectivity index (χ3v) is 4.32. The van der Waals surface area contributed by atoms with Crippen LogP contribution in [0.5, 0.6) is 0 Å². The number of likely N-dealkylation sites (tertiary alicyclic amines) is 2. The van der Waals surface area contributed by atoms with Crippen molar-refractivity contribution in [3.63, 3.8) is 0 Å². The maximum atomic E-state index is 11.7. The first-order valence-corrected chi connectivity index (χ1v) is 6.81. The van der Waals surface area contributed by atoms with Crippen LogP contribution in [0.4, 0.5) is 0 Å². The van der Waals surface area contributed by atoms with E-state index in [0.717, 1.165) is 13.1 Å². The molecule has 0 aromatic carbocycles. The molecule has 4 nitrogen and oxygen atoms in total. The van der Waals surface area contributed by atoms with Crippen molar-refractivity contribution in [3.05, 3.63) is 12.8 Å². The van der Waals surface area contributed by atoms with Crippen LogP contribution in [0.2, 0.25) is 0 Å². The van der Waals surface area contributed by atoms with Crippen molar-refractivity contribution in [1.82, 2.24) is 9.80 Å². The van der Waals surface area contributed by atoms with Crippen LogP contribution in [-0.2, 0) is 9.53 Å². The van der Waals surface area contributed by atoms with E-state index in [4.69, 9.17) is 4.74 Å². The first-order chi connectivity index (χ1) is 8.56. The van der Waals surface area contributed by atoms with Crippen LogP contribution in [0.3, 0.4) is 0 Å². The molecule has 2 rings (SSSR count). The fourth-order valence-electron chi connectivity index (χ4n) is 2.99. The smallest absolute Gasteiger partial charge is 0.260 e. The lowest BCUT2D eigenvalue weighted by molar-refractivity contribution is -0.150. The number of rotatable bonds is 4. The Balaban J connectivity index is 1.75. The van der Waals surface area contributed by atoms with Crippen molar-refractivity contribution in [1.29, 1.82) is 0 Å². The van der Waals surface area contributed by atoms with Crippen LogP contribution in [-0.4, -0.2) is 54.5 Å². The van der Waals surface area contributed by atoms with Crippen LogP contribution < -0.4 is 0 Å². The molecular weight excluding hydrogens is 228 g/mol. The summed E-state index contributed by atoms with van der Waals surface area (Å²) in [4.78, 5) is 16.2. The largest absolute Gasteiger partial charge is 0.492 e. The van der Waals surface area contributed by atoms with Gasteiger partial charge in [-0.2, -0.15) is 0 Å². The van der Waals surface area contributed by atoms with Crippen molar-refractivity contribution in [2.45, 2.75) is 32.7 Å². The average Bonchev–Trinajstić information content (AvgIpc) is 2.33. The predicted octanol–water partition coefficient (Wildman–Crippen LogP) is 1.48. The maximum absolute atomic E-state index is 11.7. The van der Waals surface area contributed by atoms with Gasteiger partial charge in [0, 0.05) is 24.5 Å². The molecule has 0 unspecified atom stereocenters. The van der Waals surface area contributed by atoms with Gasteiger partial charge in [0.15, 0.2) is 6.61 Å². The van der Waals surface area contributed by atoms with Gasteiger partial charge >= 0.3 is 0 Å². The lowest BCUT2D eigenvalue weighted by Crippen LogP contribution is -2.62. The summed E-state index contributed by atoms with van der Waals surface area (Å²) < 4.78 is 4.94. The summed E-state index contributed by atoms with van der Waals surface area (Å²) in [6.07, 6.45) is 3.77. The van der Waals surface area contributed by atoms with Crippen LogP contribution in [0.25, 0.3) is 0 Å². The molecule has 0 aliphatic carbocycles. The van der Waals surface area contributed by atoms with Crippen LogP contribution >= 0.6 is 0 Å². The second-order valence-electron chi connectivity index (χ2n) is 5.86. The Morgan fingerprint density at radius 3 is 2.50 bits per heavy atom. The molecule has 1 spiro atoms. The summed E-state index contributed by atoms with van der Waals surface area (Å²) in [6, 6.07) is 0.640. The van der Waals surface area contributed by atoms with Crippen LogP contribution in [0.15, 0.2) is 12.8 Å². The third kappa shape index (κ3) is 2.69. The lowest BCUT2D eigenvalue weighted by atomic mass is 9.72. The van der Waals surface area contributed by atoms with Crippen molar-refractivity contribution >= 4 is 5.91 Å². The molecule has 2 fully saturated rings. The first-order valence-electron chi connectivity index (χ1n) is 6.81. The van der Waals surface area contributed by atoms with E-state index < -0.39 is 0 Å². The second kappa shape index (κ2) is 5.31. The molecule has 4 heteroatoms. The average molecular weight is 252 g/mol. The minimum absolute atomic E-state index is 0.0896. The van der Waals surface area contributed by atoms with Crippen molar-refractivity contribution in [3.8, 4) is 0 Å². The highest BCUT2D eigenvalue weighted by Gasteiger charge is 2.46. The Morgan fingerprint density at radius 2 is 2.00 bits per heavy atom. The normalized spacial score (nSPS) is 22.9.